The van der Waals surface area contributed by atoms with E-state index in [0.29, 0.717) is 19.3 Å². The number of nitrogens with zero attached hydrogens (tertiary/aromatic N) is 1. The van der Waals surface area contributed by atoms with Gasteiger partial charge in [-0.2, -0.15) is 0 Å². The van der Waals surface area contributed by atoms with E-state index in [4.69, 9.17) is 15.2 Å². The number of esters is 1. The van der Waals surface area contributed by atoms with Gasteiger partial charge in [-0.3, -0.25) is 19.3 Å². The Kier molecular flexibility index (Phi) is 16.2. The van der Waals surface area contributed by atoms with E-state index in [9.17, 15) is 19.2 Å². The van der Waals surface area contributed by atoms with Crippen LogP contribution < -0.4 is 11.1 Å². The summed E-state index contributed by atoms with van der Waals surface area (Å²) in [6.07, 6.45) is 5.74. The molecule has 0 saturated carbocycles. The fraction of sp³-hybridized carbons (Fsp3) is 0.677. The van der Waals surface area contributed by atoms with Crippen molar-refractivity contribution in [3.8, 4) is 0 Å². The number of rotatable bonds is 17. The van der Waals surface area contributed by atoms with Gasteiger partial charge in [-0.05, 0) is 45.6 Å². The molecule has 0 aromatic heterocycles. The molecule has 3 amide bonds. The summed E-state index contributed by atoms with van der Waals surface area (Å²) in [7, 11) is 0. The average molecular weight is 562 g/mol. The Balaban J connectivity index is 2.96. The highest BCUT2D eigenvalue weighted by Gasteiger charge is 2.32. The quantitative estimate of drug-likeness (QED) is 0.190. The van der Waals surface area contributed by atoms with Crippen molar-refractivity contribution in [3.05, 3.63) is 35.9 Å². The SMILES string of the molecule is CCCCC[C@H](N)[C@@H](C)C(=O)N(CC(=O)OCc1ccccc1)C(=O)CC[C@H](CCCC)NC(=O)OC(C)(C)C. The molecule has 40 heavy (non-hydrogen) atoms. The molecule has 0 saturated heterocycles. The molecule has 1 rings (SSSR count). The number of hydrogen-bond donors (Lipinski definition) is 2. The molecule has 1 aromatic carbocycles. The zero-order valence-corrected chi connectivity index (χ0v) is 25.4. The van der Waals surface area contributed by atoms with Crippen LogP contribution in [-0.2, 0) is 30.5 Å². The molecule has 3 N–H and O–H groups in total. The highest BCUT2D eigenvalue weighted by Crippen LogP contribution is 2.17. The fourth-order valence-corrected chi connectivity index (χ4v) is 4.16. The third kappa shape index (κ3) is 14.4. The number of nitrogens with one attached hydrogen (secondary N) is 1. The second-order valence-corrected chi connectivity index (χ2v) is 11.4. The lowest BCUT2D eigenvalue weighted by Gasteiger charge is -2.27. The Morgan fingerprint density at radius 3 is 2.20 bits per heavy atom. The van der Waals surface area contributed by atoms with Gasteiger partial charge in [-0.1, -0.05) is 83.2 Å². The predicted molar refractivity (Wildman–Crippen MR) is 156 cm³/mol. The Morgan fingerprint density at radius 1 is 0.950 bits per heavy atom. The summed E-state index contributed by atoms with van der Waals surface area (Å²) in [5, 5.41) is 2.85. The first-order valence-electron chi connectivity index (χ1n) is 14.7. The van der Waals surface area contributed by atoms with Crippen molar-refractivity contribution in [3.63, 3.8) is 0 Å². The van der Waals surface area contributed by atoms with Crippen LogP contribution in [0, 0.1) is 5.92 Å². The molecule has 1 aromatic rings. The molecule has 3 atom stereocenters. The van der Waals surface area contributed by atoms with Crippen LogP contribution in [0.15, 0.2) is 30.3 Å². The first-order valence-corrected chi connectivity index (χ1v) is 14.7. The number of nitrogens with two attached hydrogens (primary N) is 1. The minimum Gasteiger partial charge on any atom is -0.459 e. The molecule has 0 bridgehead atoms. The summed E-state index contributed by atoms with van der Waals surface area (Å²) < 4.78 is 10.7. The number of alkyl carbamates (subject to hydrolysis) is 1. The van der Waals surface area contributed by atoms with Crippen molar-refractivity contribution in [2.45, 2.75) is 124 Å². The Bertz CT molecular complexity index is 915. The van der Waals surface area contributed by atoms with Crippen LogP contribution >= 0.6 is 0 Å². The number of ether oxygens (including phenoxy) is 2. The third-order valence-corrected chi connectivity index (χ3v) is 6.60. The van der Waals surface area contributed by atoms with E-state index >= 15 is 0 Å². The first kappa shape index (κ1) is 35.1. The van der Waals surface area contributed by atoms with Crippen LogP contribution in [0.25, 0.3) is 0 Å². The lowest BCUT2D eigenvalue weighted by molar-refractivity contribution is -0.158. The van der Waals surface area contributed by atoms with Gasteiger partial charge in [0.05, 0.1) is 5.92 Å². The van der Waals surface area contributed by atoms with Gasteiger partial charge in [0.1, 0.15) is 18.8 Å². The second kappa shape index (κ2) is 18.4. The summed E-state index contributed by atoms with van der Waals surface area (Å²) in [6, 6.07) is 8.45. The molecule has 226 valence electrons. The molecular weight excluding hydrogens is 510 g/mol. The van der Waals surface area contributed by atoms with E-state index in [1.165, 1.54) is 0 Å². The molecule has 0 aliphatic carbocycles. The number of unbranched alkanes of at least 4 members (excludes halogenated alkanes) is 3. The maximum atomic E-state index is 13.4. The number of carbonyl (C=O) groups is 4. The van der Waals surface area contributed by atoms with Crippen molar-refractivity contribution < 1.29 is 28.7 Å². The number of benzene rings is 1. The topological polar surface area (TPSA) is 128 Å². The lowest BCUT2D eigenvalue weighted by atomic mass is 9.95. The van der Waals surface area contributed by atoms with Crippen molar-refractivity contribution >= 4 is 23.9 Å². The van der Waals surface area contributed by atoms with E-state index in [1.807, 2.05) is 37.3 Å². The van der Waals surface area contributed by atoms with Crippen LogP contribution in [0.5, 0.6) is 0 Å². The molecule has 0 heterocycles. The lowest BCUT2D eigenvalue weighted by Crippen LogP contribution is -2.48. The molecule has 9 heteroatoms. The molecule has 0 spiro atoms. The number of amides is 3. The minimum atomic E-state index is -0.674. The maximum Gasteiger partial charge on any atom is 0.407 e. The van der Waals surface area contributed by atoms with Crippen molar-refractivity contribution in [2.75, 3.05) is 6.54 Å². The Hall–Kier alpha value is -2.94. The normalized spacial score (nSPS) is 13.6. The van der Waals surface area contributed by atoms with Gasteiger partial charge in [0.25, 0.3) is 0 Å². The monoisotopic (exact) mass is 561 g/mol. The van der Waals surface area contributed by atoms with Gasteiger partial charge in [0.2, 0.25) is 11.8 Å². The van der Waals surface area contributed by atoms with Crippen LogP contribution in [0.2, 0.25) is 0 Å². The van der Waals surface area contributed by atoms with Gasteiger partial charge in [0, 0.05) is 18.5 Å². The molecule has 0 aliphatic heterocycles. The molecule has 0 unspecified atom stereocenters. The van der Waals surface area contributed by atoms with Crippen molar-refractivity contribution in [1.82, 2.24) is 10.2 Å². The van der Waals surface area contributed by atoms with Crippen LogP contribution in [0.1, 0.15) is 105 Å². The maximum absolute atomic E-state index is 13.4. The zero-order valence-electron chi connectivity index (χ0n) is 25.4. The first-order chi connectivity index (χ1) is 18.9. The summed E-state index contributed by atoms with van der Waals surface area (Å²) in [5.74, 6) is -2.30. The van der Waals surface area contributed by atoms with Crippen LogP contribution in [-0.4, -0.2) is 53.0 Å². The molecule has 0 radical (unpaired) electrons. The molecule has 9 nitrogen and oxygen atoms in total. The van der Waals surface area contributed by atoms with Gasteiger partial charge in [-0.15, -0.1) is 0 Å². The standard InChI is InChI=1S/C31H51N3O6/c1-7-9-12-18-26(32)23(3)29(37)34(21-28(36)39-22-24-15-13-11-14-16-24)27(35)20-19-25(17-10-8-2)33-30(38)40-31(4,5)6/h11,13-16,23,25-26H,7-10,12,17-22,32H2,1-6H3,(H,33,38)/t23-,25+,26+/m1/s1. The fourth-order valence-electron chi connectivity index (χ4n) is 4.16. The van der Waals surface area contributed by atoms with Crippen molar-refractivity contribution in [1.29, 1.82) is 0 Å². The van der Waals surface area contributed by atoms with Gasteiger partial charge in [0.15, 0.2) is 0 Å². The Labute approximate surface area is 240 Å². The largest absolute Gasteiger partial charge is 0.459 e. The summed E-state index contributed by atoms with van der Waals surface area (Å²) in [4.78, 5) is 52.9. The van der Waals surface area contributed by atoms with Gasteiger partial charge < -0.3 is 20.5 Å². The van der Waals surface area contributed by atoms with Crippen LogP contribution in [0.3, 0.4) is 0 Å². The molecule has 0 fully saturated rings. The number of hydrogen-bond acceptors (Lipinski definition) is 7. The van der Waals surface area contributed by atoms with E-state index in [-0.39, 0.29) is 19.1 Å². The summed E-state index contributed by atoms with van der Waals surface area (Å²) >= 11 is 0. The second-order valence-electron chi connectivity index (χ2n) is 11.4. The minimum absolute atomic E-state index is 0.0281. The highest BCUT2D eigenvalue weighted by atomic mass is 16.6. The van der Waals surface area contributed by atoms with E-state index in [1.54, 1.807) is 27.7 Å². The van der Waals surface area contributed by atoms with Crippen molar-refractivity contribution in [2.24, 2.45) is 11.7 Å². The van der Waals surface area contributed by atoms with E-state index < -0.39 is 48.0 Å². The molecule has 0 aliphatic rings. The summed E-state index contributed by atoms with van der Waals surface area (Å²) in [6.45, 7) is 10.7. The zero-order chi connectivity index (χ0) is 30.1. The average Bonchev–Trinajstić information content (AvgIpc) is 2.90. The predicted octanol–water partition coefficient (Wildman–Crippen LogP) is 5.49. The third-order valence-electron chi connectivity index (χ3n) is 6.60. The smallest absolute Gasteiger partial charge is 0.407 e. The summed E-state index contributed by atoms with van der Waals surface area (Å²) in [5.41, 5.74) is 6.46. The number of imide groups is 1. The number of carbonyl (C=O) groups excluding carboxylic acids is 4. The van der Waals surface area contributed by atoms with Gasteiger partial charge in [-0.25, -0.2) is 4.79 Å². The Morgan fingerprint density at radius 2 is 1.60 bits per heavy atom. The van der Waals surface area contributed by atoms with E-state index in [0.717, 1.165) is 42.6 Å². The van der Waals surface area contributed by atoms with E-state index in [2.05, 4.69) is 12.2 Å². The van der Waals surface area contributed by atoms with Gasteiger partial charge >= 0.3 is 12.1 Å². The van der Waals surface area contributed by atoms with Crippen LogP contribution in [0.4, 0.5) is 4.79 Å². The molecular formula is C31H51N3O6. The highest BCUT2D eigenvalue weighted by molar-refractivity contribution is 5.99.